The van der Waals surface area contributed by atoms with E-state index in [0.717, 1.165) is 31.8 Å². The summed E-state index contributed by atoms with van der Waals surface area (Å²) in [6, 6.07) is 0. The zero-order valence-corrected chi connectivity index (χ0v) is 17.0. The van der Waals surface area contributed by atoms with Crippen molar-refractivity contribution < 1.29 is 38.4 Å². The maximum absolute atomic E-state index is 12.1. The normalized spacial score (nSPS) is 18.3. The van der Waals surface area contributed by atoms with Gasteiger partial charge in [0, 0.05) is 12.5 Å². The van der Waals surface area contributed by atoms with Gasteiger partial charge < -0.3 is 14.2 Å². The third-order valence-electron chi connectivity index (χ3n) is 4.98. The van der Waals surface area contributed by atoms with Crippen LogP contribution in [0.25, 0.3) is 0 Å². The predicted molar refractivity (Wildman–Crippen MR) is 97.4 cm³/mol. The van der Waals surface area contributed by atoms with Crippen LogP contribution >= 0.6 is 0 Å². The molecule has 1 unspecified atom stereocenters. The second kappa shape index (κ2) is 9.12. The topological polar surface area (TPSA) is 104 Å². The summed E-state index contributed by atoms with van der Waals surface area (Å²) in [6.07, 6.45) is 4.53. The molecule has 1 aliphatic carbocycles. The molecule has 28 heavy (non-hydrogen) atoms. The summed E-state index contributed by atoms with van der Waals surface area (Å²) in [6.45, 7) is 8.06. The maximum atomic E-state index is 12.1. The van der Waals surface area contributed by atoms with E-state index in [9.17, 15) is 14.4 Å². The van der Waals surface area contributed by atoms with E-state index in [2.05, 4.69) is 9.78 Å². The molecule has 2 aliphatic rings. The second-order valence-electron chi connectivity index (χ2n) is 7.65. The molecule has 1 saturated heterocycles. The highest BCUT2D eigenvalue weighted by molar-refractivity contribution is 6.07. The molecule has 0 bridgehead atoms. The Hall–Kier alpha value is -2.51. The van der Waals surface area contributed by atoms with Gasteiger partial charge in [0.2, 0.25) is 6.29 Å². The number of carbonyl (C=O) groups is 3. The molecule has 8 nitrogen and oxygen atoms in total. The van der Waals surface area contributed by atoms with Crippen molar-refractivity contribution in [2.75, 3.05) is 0 Å². The first kappa shape index (κ1) is 21.8. The van der Waals surface area contributed by atoms with Crippen LogP contribution in [0.3, 0.4) is 0 Å². The average molecular weight is 396 g/mol. The van der Waals surface area contributed by atoms with Crippen LogP contribution in [-0.4, -0.2) is 29.8 Å². The molecule has 1 aliphatic heterocycles. The lowest BCUT2D eigenvalue weighted by atomic mass is 9.79. The van der Waals surface area contributed by atoms with Gasteiger partial charge in [0.15, 0.2) is 5.78 Å². The molecule has 1 atom stereocenters. The van der Waals surface area contributed by atoms with Crippen LogP contribution < -0.4 is 0 Å². The van der Waals surface area contributed by atoms with Gasteiger partial charge in [-0.15, -0.1) is 0 Å². The largest absolute Gasteiger partial charge is 0.511 e. The number of hydrogen-bond acceptors (Lipinski definition) is 8. The van der Waals surface area contributed by atoms with Gasteiger partial charge in [-0.3, -0.25) is 4.79 Å². The lowest BCUT2D eigenvalue weighted by Crippen LogP contribution is -2.39. The van der Waals surface area contributed by atoms with Crippen LogP contribution in [0.2, 0.25) is 0 Å². The van der Waals surface area contributed by atoms with Gasteiger partial charge in [-0.2, -0.15) is 0 Å². The highest BCUT2D eigenvalue weighted by Gasteiger charge is 2.35. The minimum atomic E-state index is -1.16. The number of allylic oxidation sites excluding steroid dienone is 2. The van der Waals surface area contributed by atoms with E-state index < -0.39 is 29.8 Å². The SMILES string of the molecule is CC(C(=O)/C=C(\C)C(=O)OC(C)OC(=O)OC(C)(C)C1CCCCC1)=C1OO1. The Morgan fingerprint density at radius 3 is 2.25 bits per heavy atom. The number of carbonyl (C=O) groups excluding carboxylic acids is 3. The maximum Gasteiger partial charge on any atom is 0.511 e. The molecule has 0 amide bonds. The van der Waals surface area contributed by atoms with Crippen LogP contribution in [0, 0.1) is 5.92 Å². The summed E-state index contributed by atoms with van der Waals surface area (Å²) >= 11 is 0. The van der Waals surface area contributed by atoms with Crippen LogP contribution in [0.5, 0.6) is 0 Å². The van der Waals surface area contributed by atoms with E-state index in [0.29, 0.717) is 0 Å². The van der Waals surface area contributed by atoms with Crippen molar-refractivity contribution in [2.24, 2.45) is 5.92 Å². The highest BCUT2D eigenvalue weighted by atomic mass is 17.4. The monoisotopic (exact) mass is 396 g/mol. The highest BCUT2D eigenvalue weighted by Crippen LogP contribution is 2.35. The molecule has 2 fully saturated rings. The Morgan fingerprint density at radius 2 is 1.68 bits per heavy atom. The molecule has 0 N–H and O–H groups in total. The third-order valence-corrected chi connectivity index (χ3v) is 4.98. The lowest BCUT2D eigenvalue weighted by molar-refractivity contribution is -0.167. The molecule has 1 saturated carbocycles. The predicted octanol–water partition coefficient (Wildman–Crippen LogP) is 4.10. The van der Waals surface area contributed by atoms with Crippen molar-refractivity contribution in [2.45, 2.75) is 78.6 Å². The zero-order chi connectivity index (χ0) is 20.9. The average Bonchev–Trinajstić information content (AvgIpc) is 3.45. The van der Waals surface area contributed by atoms with E-state index in [1.165, 1.54) is 27.2 Å². The number of esters is 1. The van der Waals surface area contributed by atoms with Crippen molar-refractivity contribution in [1.29, 1.82) is 0 Å². The summed E-state index contributed by atoms with van der Waals surface area (Å²) in [5.41, 5.74) is -0.358. The third kappa shape index (κ3) is 6.28. The minimum absolute atomic E-state index is 0.0527. The lowest BCUT2D eigenvalue weighted by Gasteiger charge is -2.36. The van der Waals surface area contributed by atoms with Crippen LogP contribution in [0.1, 0.15) is 66.7 Å². The summed E-state index contributed by atoms with van der Waals surface area (Å²) < 4.78 is 15.5. The Kier molecular flexibility index (Phi) is 7.10. The second-order valence-corrected chi connectivity index (χ2v) is 7.65. The number of ketones is 1. The van der Waals surface area contributed by atoms with Crippen molar-refractivity contribution >= 4 is 17.9 Å². The fourth-order valence-electron chi connectivity index (χ4n) is 3.13. The molecule has 0 spiro atoms. The Morgan fingerprint density at radius 1 is 1.07 bits per heavy atom. The molecular weight excluding hydrogens is 368 g/mol. The number of ether oxygens (including phenoxy) is 3. The van der Waals surface area contributed by atoms with Gasteiger partial charge in [-0.1, -0.05) is 19.3 Å². The Bertz CT molecular complexity index is 676. The first-order valence-corrected chi connectivity index (χ1v) is 9.49. The molecule has 0 aromatic rings. The van der Waals surface area contributed by atoms with E-state index >= 15 is 0 Å². The summed E-state index contributed by atoms with van der Waals surface area (Å²) in [7, 11) is 0. The molecule has 156 valence electrons. The first-order chi connectivity index (χ1) is 13.1. The molecule has 1 heterocycles. The van der Waals surface area contributed by atoms with Gasteiger partial charge in [0.1, 0.15) is 5.60 Å². The van der Waals surface area contributed by atoms with E-state index in [-0.39, 0.29) is 23.0 Å². The Labute approximate surface area is 164 Å². The molecule has 0 aromatic heterocycles. The van der Waals surface area contributed by atoms with Gasteiger partial charge >= 0.3 is 18.1 Å². The van der Waals surface area contributed by atoms with Crippen molar-refractivity contribution in [3.05, 3.63) is 23.2 Å². The van der Waals surface area contributed by atoms with Crippen LogP contribution in [0.4, 0.5) is 4.79 Å². The number of rotatable bonds is 7. The van der Waals surface area contributed by atoms with Crippen molar-refractivity contribution in [3.8, 4) is 0 Å². The van der Waals surface area contributed by atoms with Gasteiger partial charge in [-0.25, -0.2) is 19.4 Å². The fraction of sp³-hybridized carbons (Fsp3) is 0.650. The summed E-state index contributed by atoms with van der Waals surface area (Å²) in [5.74, 6) is -0.818. The van der Waals surface area contributed by atoms with Gasteiger partial charge in [0.25, 0.3) is 0 Å². The minimum Gasteiger partial charge on any atom is -0.428 e. The molecule has 2 rings (SSSR count). The van der Waals surface area contributed by atoms with E-state index in [1.54, 1.807) is 0 Å². The quantitative estimate of drug-likeness (QED) is 0.208. The smallest absolute Gasteiger partial charge is 0.428 e. The van der Waals surface area contributed by atoms with Crippen molar-refractivity contribution in [3.63, 3.8) is 0 Å². The standard InChI is InChI=1S/C20H28O8/c1-12(11-16(21)13(2)18-27-28-18)17(22)24-14(3)25-19(23)26-20(4,5)15-9-7-6-8-10-15/h11,14-15H,6-10H2,1-5H3/b12-11+. The first-order valence-electron chi connectivity index (χ1n) is 9.49. The Balaban J connectivity index is 1.82. The molecular formula is C20H28O8. The van der Waals surface area contributed by atoms with Crippen LogP contribution in [-0.2, 0) is 33.6 Å². The number of hydrogen-bond donors (Lipinski definition) is 0. The van der Waals surface area contributed by atoms with E-state index in [1.807, 2.05) is 13.8 Å². The summed E-state index contributed by atoms with van der Waals surface area (Å²) in [5, 5.41) is 0. The molecule has 0 radical (unpaired) electrons. The van der Waals surface area contributed by atoms with Gasteiger partial charge in [0.05, 0.1) is 5.57 Å². The van der Waals surface area contributed by atoms with Crippen LogP contribution in [0.15, 0.2) is 23.2 Å². The van der Waals surface area contributed by atoms with Gasteiger partial charge in [-0.05, 0) is 52.5 Å². The molecule has 8 heteroatoms. The zero-order valence-electron chi connectivity index (χ0n) is 17.0. The molecule has 0 aromatic carbocycles. The fourth-order valence-corrected chi connectivity index (χ4v) is 3.13. The summed E-state index contributed by atoms with van der Waals surface area (Å²) in [4.78, 5) is 45.0. The van der Waals surface area contributed by atoms with E-state index in [4.69, 9.17) is 14.2 Å². The van der Waals surface area contributed by atoms with Crippen molar-refractivity contribution in [1.82, 2.24) is 0 Å².